The van der Waals surface area contributed by atoms with Crippen LogP contribution in [0.4, 0.5) is 17.5 Å². The number of hydrazine groups is 1. The normalized spacial score (nSPS) is 20.4. The number of nitrogens with one attached hydrogen (secondary N) is 3. The molecule has 2 aromatic heterocycles. The molecule has 5 rings (SSSR count). The number of nitrogens with zero attached hydrogens (tertiary/aromatic N) is 4. The van der Waals surface area contributed by atoms with Gasteiger partial charge in [0.05, 0.1) is 22.1 Å². The Bertz CT molecular complexity index is 1070. The second-order valence-electron chi connectivity index (χ2n) is 8.76. The van der Waals surface area contributed by atoms with Gasteiger partial charge in [-0.25, -0.2) is 4.98 Å². The van der Waals surface area contributed by atoms with E-state index in [1.54, 1.807) is 18.2 Å². The monoisotopic (exact) mass is 546 g/mol. The topological polar surface area (TPSA) is 106 Å². The Morgan fingerprint density at radius 2 is 1.59 bits per heavy atom. The minimum Gasteiger partial charge on any atom is -0.351 e. The van der Waals surface area contributed by atoms with Gasteiger partial charge in [-0.05, 0) is 50.7 Å². The molecule has 8 nitrogen and oxygen atoms in total. The molecule has 2 aliphatic rings. The molecule has 2 fully saturated rings. The lowest BCUT2D eigenvalue weighted by atomic mass is 9.92. The van der Waals surface area contributed by atoms with Crippen molar-refractivity contribution in [1.82, 2.24) is 19.5 Å². The standard InChI is InChI=1S/C22H28Cl2N8.2ClH/c23-16-6-3-7-17(24)18(16)30-31-20-19-21(32(12-26-19)15-4-1-2-5-15)29-22(28-20)27-14-10-8-13(25)9-11-14;;/h3,6-7,12-15,30H,1-2,4-5,8-11,25H2,(H2,27,28,29,31);2*1H/t13-,14-;;. The molecular weight excluding hydrogens is 518 g/mol. The highest BCUT2D eigenvalue weighted by molar-refractivity contribution is 6.39. The molecule has 0 bridgehead atoms. The van der Waals surface area contributed by atoms with Gasteiger partial charge in [-0.15, -0.1) is 24.8 Å². The van der Waals surface area contributed by atoms with Gasteiger partial charge in [0.1, 0.15) is 0 Å². The molecule has 0 radical (unpaired) electrons. The number of hydrogen-bond acceptors (Lipinski definition) is 7. The second kappa shape index (κ2) is 11.8. The first kappa shape index (κ1) is 26.9. The lowest BCUT2D eigenvalue weighted by Gasteiger charge is -2.27. The van der Waals surface area contributed by atoms with Crippen LogP contribution in [0, 0.1) is 0 Å². The van der Waals surface area contributed by atoms with E-state index in [9.17, 15) is 0 Å². The molecule has 3 aromatic rings. The maximum absolute atomic E-state index is 6.31. The Kier molecular flexibility index (Phi) is 9.34. The molecule has 0 aliphatic heterocycles. The van der Waals surface area contributed by atoms with Crippen LogP contribution in [0.2, 0.25) is 10.0 Å². The fourth-order valence-electron chi connectivity index (χ4n) is 4.70. The number of fused-ring (bicyclic) bond motifs is 1. The van der Waals surface area contributed by atoms with Gasteiger partial charge in [-0.2, -0.15) is 9.97 Å². The van der Waals surface area contributed by atoms with E-state index in [1.807, 2.05) is 6.33 Å². The van der Waals surface area contributed by atoms with Crippen molar-refractivity contribution in [3.05, 3.63) is 34.6 Å². The Labute approximate surface area is 221 Å². The summed E-state index contributed by atoms with van der Waals surface area (Å²) in [5.74, 6) is 1.17. The number of anilines is 3. The lowest BCUT2D eigenvalue weighted by Crippen LogP contribution is -2.33. The number of halogens is 4. The third-order valence-electron chi connectivity index (χ3n) is 6.51. The average molecular weight is 548 g/mol. The van der Waals surface area contributed by atoms with Crippen LogP contribution in [0.15, 0.2) is 24.5 Å². The van der Waals surface area contributed by atoms with Gasteiger partial charge in [0.15, 0.2) is 17.0 Å². The lowest BCUT2D eigenvalue weighted by molar-refractivity contribution is 0.410. The Balaban J connectivity index is 0.00000162. The summed E-state index contributed by atoms with van der Waals surface area (Å²) in [5.41, 5.74) is 14.5. The van der Waals surface area contributed by atoms with Gasteiger partial charge >= 0.3 is 0 Å². The van der Waals surface area contributed by atoms with E-state index in [1.165, 1.54) is 12.8 Å². The molecule has 34 heavy (non-hydrogen) atoms. The van der Waals surface area contributed by atoms with E-state index in [0.717, 1.165) is 44.2 Å². The van der Waals surface area contributed by atoms with Gasteiger partial charge in [0.25, 0.3) is 0 Å². The summed E-state index contributed by atoms with van der Waals surface area (Å²) in [4.78, 5) is 14.3. The largest absolute Gasteiger partial charge is 0.351 e. The van der Waals surface area contributed by atoms with Crippen LogP contribution in [-0.4, -0.2) is 31.6 Å². The van der Waals surface area contributed by atoms with Crippen LogP contribution in [-0.2, 0) is 0 Å². The first-order valence-electron chi connectivity index (χ1n) is 11.3. The zero-order valence-corrected chi connectivity index (χ0v) is 21.8. The highest BCUT2D eigenvalue weighted by Gasteiger charge is 2.24. The SMILES string of the molecule is Cl.Cl.N[C@H]1CC[C@H](Nc2nc(NNc3c(Cl)cccc3Cl)c3ncn(C4CCCC4)c3n2)CC1. The van der Waals surface area contributed by atoms with Crippen molar-refractivity contribution in [3.8, 4) is 0 Å². The van der Waals surface area contributed by atoms with Gasteiger partial charge in [0, 0.05) is 18.1 Å². The summed E-state index contributed by atoms with van der Waals surface area (Å²) < 4.78 is 2.19. The van der Waals surface area contributed by atoms with Gasteiger partial charge in [-0.1, -0.05) is 42.1 Å². The molecule has 186 valence electrons. The van der Waals surface area contributed by atoms with Crippen LogP contribution in [0.5, 0.6) is 0 Å². The van der Waals surface area contributed by atoms with Crippen molar-refractivity contribution in [2.45, 2.75) is 69.5 Å². The van der Waals surface area contributed by atoms with E-state index in [0.29, 0.717) is 51.1 Å². The average Bonchev–Trinajstić information content (AvgIpc) is 3.45. The number of rotatable bonds is 6. The third-order valence-corrected chi connectivity index (χ3v) is 7.14. The predicted molar refractivity (Wildman–Crippen MR) is 145 cm³/mol. The second-order valence-corrected chi connectivity index (χ2v) is 9.58. The molecule has 0 spiro atoms. The maximum Gasteiger partial charge on any atom is 0.227 e. The number of hydrogen-bond donors (Lipinski definition) is 4. The molecule has 5 N–H and O–H groups in total. The van der Waals surface area contributed by atoms with Crippen molar-refractivity contribution < 1.29 is 0 Å². The third kappa shape index (κ3) is 5.74. The Morgan fingerprint density at radius 1 is 0.912 bits per heavy atom. The van der Waals surface area contributed by atoms with Crippen molar-refractivity contribution in [3.63, 3.8) is 0 Å². The molecule has 2 saturated carbocycles. The van der Waals surface area contributed by atoms with E-state index in [4.69, 9.17) is 38.9 Å². The quantitative estimate of drug-likeness (QED) is 0.272. The highest BCUT2D eigenvalue weighted by Crippen LogP contribution is 2.34. The van der Waals surface area contributed by atoms with Crippen molar-refractivity contribution >= 4 is 76.6 Å². The molecular formula is C22H30Cl4N8. The van der Waals surface area contributed by atoms with Gasteiger partial charge < -0.3 is 15.6 Å². The summed E-state index contributed by atoms with van der Waals surface area (Å²) in [6, 6.07) is 6.40. The van der Waals surface area contributed by atoms with Gasteiger partial charge in [-0.3, -0.25) is 10.9 Å². The summed E-state index contributed by atoms with van der Waals surface area (Å²) in [6.45, 7) is 0. The molecule has 12 heteroatoms. The molecule has 0 saturated heterocycles. The predicted octanol–water partition coefficient (Wildman–Crippen LogP) is 6.21. The highest BCUT2D eigenvalue weighted by atomic mass is 35.5. The fourth-order valence-corrected chi connectivity index (χ4v) is 5.19. The molecule has 1 aromatic carbocycles. The van der Waals surface area contributed by atoms with Crippen LogP contribution in [0.25, 0.3) is 11.2 Å². The number of imidazole rings is 1. The van der Waals surface area contributed by atoms with Crippen LogP contribution >= 0.6 is 48.0 Å². The summed E-state index contributed by atoms with van der Waals surface area (Å²) in [7, 11) is 0. The van der Waals surface area contributed by atoms with E-state index < -0.39 is 0 Å². The Hall–Kier alpha value is -1.71. The van der Waals surface area contributed by atoms with Crippen molar-refractivity contribution in [1.29, 1.82) is 0 Å². The zero-order valence-electron chi connectivity index (χ0n) is 18.6. The molecule has 0 amide bonds. The fraction of sp³-hybridized carbons (Fsp3) is 0.500. The van der Waals surface area contributed by atoms with E-state index in [-0.39, 0.29) is 24.8 Å². The number of para-hydroxylation sites is 1. The minimum atomic E-state index is 0. The minimum absolute atomic E-state index is 0. The maximum atomic E-state index is 6.31. The number of benzene rings is 1. The van der Waals surface area contributed by atoms with Crippen LogP contribution < -0.4 is 21.9 Å². The first-order chi connectivity index (χ1) is 15.6. The molecule has 0 unspecified atom stereocenters. The van der Waals surface area contributed by atoms with Crippen molar-refractivity contribution in [2.75, 3.05) is 16.2 Å². The Morgan fingerprint density at radius 3 is 2.26 bits per heavy atom. The summed E-state index contributed by atoms with van der Waals surface area (Å²) in [5, 5.41) is 4.56. The van der Waals surface area contributed by atoms with Crippen molar-refractivity contribution in [2.24, 2.45) is 5.73 Å². The zero-order chi connectivity index (χ0) is 22.1. The summed E-state index contributed by atoms with van der Waals surface area (Å²) in [6.07, 6.45) is 10.7. The number of aromatic nitrogens is 4. The van der Waals surface area contributed by atoms with E-state index >= 15 is 0 Å². The van der Waals surface area contributed by atoms with E-state index in [2.05, 4.69) is 25.7 Å². The smallest absolute Gasteiger partial charge is 0.227 e. The molecule has 2 aliphatic carbocycles. The number of nitrogens with two attached hydrogens (primary N) is 1. The van der Waals surface area contributed by atoms with Crippen LogP contribution in [0.1, 0.15) is 57.4 Å². The molecule has 2 heterocycles. The van der Waals surface area contributed by atoms with Crippen LogP contribution in [0.3, 0.4) is 0 Å². The molecule has 0 atom stereocenters. The summed E-state index contributed by atoms with van der Waals surface area (Å²) >= 11 is 12.6. The first-order valence-corrected chi connectivity index (χ1v) is 12.1. The van der Waals surface area contributed by atoms with Gasteiger partial charge in [0.2, 0.25) is 5.95 Å².